The average molecular weight is 314 g/mol. The van der Waals surface area contributed by atoms with Crippen molar-refractivity contribution >= 4 is 11.6 Å². The summed E-state index contributed by atoms with van der Waals surface area (Å²) in [6.45, 7) is 6.20. The van der Waals surface area contributed by atoms with E-state index in [-0.39, 0.29) is 24.3 Å². The second kappa shape index (κ2) is 7.27. The summed E-state index contributed by atoms with van der Waals surface area (Å²) in [5.74, 6) is -0.283. The van der Waals surface area contributed by atoms with Gasteiger partial charge in [-0.25, -0.2) is 4.39 Å². The molecule has 0 spiro atoms. The van der Waals surface area contributed by atoms with Gasteiger partial charge in [-0.15, -0.1) is 0 Å². The van der Waals surface area contributed by atoms with Crippen molar-refractivity contribution in [3.8, 4) is 0 Å². The molecule has 0 fully saturated rings. The zero-order valence-corrected chi connectivity index (χ0v) is 14.1. The molecule has 1 atom stereocenters. The predicted molar refractivity (Wildman–Crippen MR) is 92.0 cm³/mol. The van der Waals surface area contributed by atoms with E-state index < -0.39 is 0 Å². The van der Waals surface area contributed by atoms with E-state index in [0.29, 0.717) is 0 Å². The molecule has 0 aromatic heterocycles. The maximum atomic E-state index is 13.0. The zero-order chi connectivity index (χ0) is 17.0. The molecule has 122 valence electrons. The van der Waals surface area contributed by atoms with Crippen LogP contribution in [0.5, 0.6) is 0 Å². The Morgan fingerprint density at radius 1 is 1.17 bits per heavy atom. The number of amides is 1. The van der Waals surface area contributed by atoms with Crippen LogP contribution in [-0.2, 0) is 4.79 Å². The van der Waals surface area contributed by atoms with Crippen LogP contribution in [0.3, 0.4) is 0 Å². The molecule has 1 N–H and O–H groups in total. The largest absolute Gasteiger partial charge is 0.376 e. The summed E-state index contributed by atoms with van der Waals surface area (Å²) in [4.78, 5) is 14.1. The van der Waals surface area contributed by atoms with E-state index in [1.165, 1.54) is 12.1 Å². The monoisotopic (exact) mass is 314 g/mol. The fourth-order valence-electron chi connectivity index (χ4n) is 2.40. The summed E-state index contributed by atoms with van der Waals surface area (Å²) < 4.78 is 13.0. The molecule has 1 unspecified atom stereocenters. The molecule has 0 aliphatic heterocycles. The highest BCUT2D eigenvalue weighted by atomic mass is 19.1. The van der Waals surface area contributed by atoms with Crippen molar-refractivity contribution in [3.05, 3.63) is 65.0 Å². The molecule has 2 aromatic carbocycles. The van der Waals surface area contributed by atoms with E-state index in [1.54, 1.807) is 24.1 Å². The summed E-state index contributed by atoms with van der Waals surface area (Å²) >= 11 is 0. The number of benzene rings is 2. The number of likely N-dealkylation sites (N-methyl/N-ethyl adjacent to an activating group) is 1. The lowest BCUT2D eigenvalue weighted by atomic mass is 10.1. The minimum atomic E-state index is -0.272. The number of halogens is 1. The third kappa shape index (κ3) is 4.31. The summed E-state index contributed by atoms with van der Waals surface area (Å²) in [6.07, 6.45) is 0. The highest BCUT2D eigenvalue weighted by molar-refractivity contribution is 5.81. The molecule has 0 saturated heterocycles. The van der Waals surface area contributed by atoms with Gasteiger partial charge >= 0.3 is 0 Å². The number of aryl methyl sites for hydroxylation is 2. The van der Waals surface area contributed by atoms with Crippen molar-refractivity contribution in [2.45, 2.75) is 26.8 Å². The molecule has 0 bridgehead atoms. The van der Waals surface area contributed by atoms with E-state index in [2.05, 4.69) is 5.32 Å². The summed E-state index contributed by atoms with van der Waals surface area (Å²) in [5, 5.41) is 3.20. The SMILES string of the molecule is Cc1ccc(C)c(NCC(=O)N(C)C(C)c2ccc(F)cc2)c1. The van der Waals surface area contributed by atoms with Gasteiger partial charge in [-0.1, -0.05) is 24.3 Å². The molecule has 0 aliphatic rings. The van der Waals surface area contributed by atoms with Crippen molar-refractivity contribution in [3.63, 3.8) is 0 Å². The van der Waals surface area contributed by atoms with E-state index in [0.717, 1.165) is 22.4 Å². The van der Waals surface area contributed by atoms with Gasteiger partial charge in [0, 0.05) is 12.7 Å². The Morgan fingerprint density at radius 2 is 1.83 bits per heavy atom. The molecular formula is C19H23FN2O. The summed E-state index contributed by atoms with van der Waals surface area (Å²) in [6, 6.07) is 12.3. The van der Waals surface area contributed by atoms with E-state index in [1.807, 2.05) is 39.0 Å². The molecular weight excluding hydrogens is 291 g/mol. The summed E-state index contributed by atoms with van der Waals surface area (Å²) in [7, 11) is 1.77. The molecule has 2 rings (SSSR count). The molecule has 2 aromatic rings. The zero-order valence-electron chi connectivity index (χ0n) is 14.1. The van der Waals surface area contributed by atoms with E-state index in [4.69, 9.17) is 0 Å². The van der Waals surface area contributed by atoms with Gasteiger partial charge in [-0.2, -0.15) is 0 Å². The van der Waals surface area contributed by atoms with Gasteiger partial charge in [0.15, 0.2) is 0 Å². The van der Waals surface area contributed by atoms with Crippen LogP contribution in [0.25, 0.3) is 0 Å². The second-order valence-corrected chi connectivity index (χ2v) is 5.90. The number of nitrogens with zero attached hydrogens (tertiary/aromatic N) is 1. The standard InChI is InChI=1S/C19H23FN2O/c1-13-5-6-14(2)18(11-13)21-12-19(23)22(4)15(3)16-7-9-17(20)10-8-16/h5-11,15,21H,12H2,1-4H3. The first-order valence-electron chi connectivity index (χ1n) is 7.70. The Labute approximate surface area is 137 Å². The normalized spacial score (nSPS) is 11.9. The number of hydrogen-bond acceptors (Lipinski definition) is 2. The Balaban J connectivity index is 1.99. The molecule has 0 saturated carbocycles. The van der Waals surface area contributed by atoms with Crippen molar-refractivity contribution in [1.29, 1.82) is 0 Å². The smallest absolute Gasteiger partial charge is 0.242 e. The fraction of sp³-hybridized carbons (Fsp3) is 0.316. The lowest BCUT2D eigenvalue weighted by Crippen LogP contribution is -2.34. The fourth-order valence-corrected chi connectivity index (χ4v) is 2.40. The number of anilines is 1. The average Bonchev–Trinajstić information content (AvgIpc) is 2.54. The van der Waals surface area contributed by atoms with Crippen LogP contribution < -0.4 is 5.32 Å². The topological polar surface area (TPSA) is 32.3 Å². The van der Waals surface area contributed by atoms with Crippen molar-refractivity contribution in [2.75, 3.05) is 18.9 Å². The minimum Gasteiger partial charge on any atom is -0.376 e. The third-order valence-corrected chi connectivity index (χ3v) is 4.15. The Bertz CT molecular complexity index is 682. The summed E-state index contributed by atoms with van der Waals surface area (Å²) in [5.41, 5.74) is 4.14. The van der Waals surface area contributed by atoms with Gasteiger partial charge in [0.05, 0.1) is 12.6 Å². The van der Waals surface area contributed by atoms with Gasteiger partial charge in [0.1, 0.15) is 5.82 Å². The molecule has 4 heteroatoms. The molecule has 0 aliphatic carbocycles. The van der Waals surface area contributed by atoms with Crippen LogP contribution >= 0.6 is 0 Å². The lowest BCUT2D eigenvalue weighted by Gasteiger charge is -2.26. The number of carbonyl (C=O) groups is 1. The lowest BCUT2D eigenvalue weighted by molar-refractivity contribution is -0.129. The van der Waals surface area contributed by atoms with Gasteiger partial charge in [-0.05, 0) is 55.7 Å². The van der Waals surface area contributed by atoms with Crippen molar-refractivity contribution in [2.24, 2.45) is 0 Å². The first kappa shape index (κ1) is 17.0. The van der Waals surface area contributed by atoms with E-state index >= 15 is 0 Å². The molecule has 1 amide bonds. The van der Waals surface area contributed by atoms with Gasteiger partial charge in [-0.3, -0.25) is 4.79 Å². The molecule has 0 radical (unpaired) electrons. The highest BCUT2D eigenvalue weighted by Crippen LogP contribution is 2.20. The maximum absolute atomic E-state index is 13.0. The second-order valence-electron chi connectivity index (χ2n) is 5.90. The first-order valence-corrected chi connectivity index (χ1v) is 7.70. The first-order chi connectivity index (χ1) is 10.9. The van der Waals surface area contributed by atoms with Crippen LogP contribution in [0.15, 0.2) is 42.5 Å². The van der Waals surface area contributed by atoms with Gasteiger partial charge < -0.3 is 10.2 Å². The molecule has 23 heavy (non-hydrogen) atoms. The van der Waals surface area contributed by atoms with Crippen LogP contribution in [0.1, 0.15) is 29.7 Å². The number of nitrogens with one attached hydrogen (secondary N) is 1. The van der Waals surface area contributed by atoms with Crippen LogP contribution in [-0.4, -0.2) is 24.4 Å². The van der Waals surface area contributed by atoms with E-state index in [9.17, 15) is 9.18 Å². The number of rotatable bonds is 5. The highest BCUT2D eigenvalue weighted by Gasteiger charge is 2.17. The maximum Gasteiger partial charge on any atom is 0.242 e. The number of carbonyl (C=O) groups excluding carboxylic acids is 1. The Kier molecular flexibility index (Phi) is 5.37. The van der Waals surface area contributed by atoms with Crippen LogP contribution in [0.2, 0.25) is 0 Å². The van der Waals surface area contributed by atoms with Crippen molar-refractivity contribution in [1.82, 2.24) is 4.90 Å². The molecule has 3 nitrogen and oxygen atoms in total. The Morgan fingerprint density at radius 3 is 2.48 bits per heavy atom. The van der Waals surface area contributed by atoms with Gasteiger partial charge in [0.2, 0.25) is 5.91 Å². The quantitative estimate of drug-likeness (QED) is 0.902. The molecule has 0 heterocycles. The van der Waals surface area contributed by atoms with Gasteiger partial charge in [0.25, 0.3) is 0 Å². The van der Waals surface area contributed by atoms with Crippen molar-refractivity contribution < 1.29 is 9.18 Å². The minimum absolute atomic E-state index is 0.0114. The van der Waals surface area contributed by atoms with Crippen LogP contribution in [0, 0.1) is 19.7 Å². The number of hydrogen-bond donors (Lipinski definition) is 1. The van der Waals surface area contributed by atoms with Crippen LogP contribution in [0.4, 0.5) is 10.1 Å². The predicted octanol–water partition coefficient (Wildman–Crippen LogP) is 4.07. The Hall–Kier alpha value is -2.36. The third-order valence-electron chi connectivity index (χ3n) is 4.15.